The van der Waals surface area contributed by atoms with Crippen molar-refractivity contribution >= 4 is 15.9 Å². The molecule has 1 heterocycles. The Labute approximate surface area is 83.4 Å². The minimum atomic E-state index is 0.719. The van der Waals surface area contributed by atoms with Crippen molar-refractivity contribution in [3.05, 3.63) is 0 Å². The highest BCUT2D eigenvalue weighted by Gasteiger charge is 2.23. The summed E-state index contributed by atoms with van der Waals surface area (Å²) in [6.45, 7) is 6.67. The predicted molar refractivity (Wildman–Crippen MR) is 54.8 cm³/mol. The summed E-state index contributed by atoms with van der Waals surface area (Å²) in [6.07, 6.45) is 1.27. The standard InChI is InChI=1S/C9H18BrNO/c1-8-7-11(5-6-12-2)4-3-9(8)10/h8-9H,3-7H2,1-2H3. The molecule has 0 radical (unpaired) electrons. The molecule has 2 nitrogen and oxygen atoms in total. The Kier molecular flexibility index (Phi) is 4.54. The lowest BCUT2D eigenvalue weighted by molar-refractivity contribution is 0.121. The summed E-state index contributed by atoms with van der Waals surface area (Å²) in [5.41, 5.74) is 0. The number of piperidine rings is 1. The van der Waals surface area contributed by atoms with Crippen LogP contribution in [0.15, 0.2) is 0 Å². The first kappa shape index (κ1) is 10.5. The fourth-order valence-corrected chi connectivity index (χ4v) is 2.00. The molecule has 0 N–H and O–H groups in total. The molecule has 0 amide bonds. The highest BCUT2D eigenvalue weighted by Crippen LogP contribution is 2.22. The Morgan fingerprint density at radius 1 is 1.58 bits per heavy atom. The molecule has 0 aromatic rings. The number of hydrogen-bond acceptors (Lipinski definition) is 2. The van der Waals surface area contributed by atoms with Crippen LogP contribution in [0.5, 0.6) is 0 Å². The van der Waals surface area contributed by atoms with Crippen LogP contribution in [0.4, 0.5) is 0 Å². The van der Waals surface area contributed by atoms with E-state index < -0.39 is 0 Å². The van der Waals surface area contributed by atoms with Gasteiger partial charge in [-0.15, -0.1) is 0 Å². The largest absolute Gasteiger partial charge is 0.383 e. The number of likely N-dealkylation sites (tertiary alicyclic amines) is 1. The Bertz CT molecular complexity index is 130. The summed E-state index contributed by atoms with van der Waals surface area (Å²) in [5.74, 6) is 0.774. The zero-order valence-corrected chi connectivity index (χ0v) is 9.51. The van der Waals surface area contributed by atoms with Gasteiger partial charge in [0, 0.05) is 25.0 Å². The minimum absolute atomic E-state index is 0.719. The summed E-state index contributed by atoms with van der Waals surface area (Å²) < 4.78 is 5.05. The maximum absolute atomic E-state index is 5.05. The van der Waals surface area contributed by atoms with Gasteiger partial charge in [0.2, 0.25) is 0 Å². The van der Waals surface area contributed by atoms with Crippen molar-refractivity contribution in [3.63, 3.8) is 0 Å². The van der Waals surface area contributed by atoms with E-state index in [1.807, 2.05) is 0 Å². The fourth-order valence-electron chi connectivity index (χ4n) is 1.63. The molecule has 0 bridgehead atoms. The number of rotatable bonds is 3. The zero-order chi connectivity index (χ0) is 8.97. The van der Waals surface area contributed by atoms with Gasteiger partial charge < -0.3 is 9.64 Å². The molecule has 0 saturated carbocycles. The molecule has 72 valence electrons. The van der Waals surface area contributed by atoms with E-state index in [1.54, 1.807) is 7.11 Å². The van der Waals surface area contributed by atoms with Crippen molar-refractivity contribution < 1.29 is 4.74 Å². The van der Waals surface area contributed by atoms with Gasteiger partial charge in [-0.25, -0.2) is 0 Å². The average Bonchev–Trinajstić information content (AvgIpc) is 2.07. The van der Waals surface area contributed by atoms with Gasteiger partial charge in [-0.3, -0.25) is 0 Å². The highest BCUT2D eigenvalue weighted by molar-refractivity contribution is 9.09. The lowest BCUT2D eigenvalue weighted by Crippen LogP contribution is -2.41. The highest BCUT2D eigenvalue weighted by atomic mass is 79.9. The molecule has 3 heteroatoms. The number of alkyl halides is 1. The quantitative estimate of drug-likeness (QED) is 0.692. The Balaban J connectivity index is 2.21. The Morgan fingerprint density at radius 3 is 2.92 bits per heavy atom. The van der Waals surface area contributed by atoms with Crippen molar-refractivity contribution in [3.8, 4) is 0 Å². The van der Waals surface area contributed by atoms with E-state index in [1.165, 1.54) is 19.5 Å². The first-order valence-corrected chi connectivity index (χ1v) is 5.51. The summed E-state index contributed by atoms with van der Waals surface area (Å²) in [7, 11) is 1.76. The Morgan fingerprint density at radius 2 is 2.33 bits per heavy atom. The van der Waals surface area contributed by atoms with E-state index in [2.05, 4.69) is 27.8 Å². The second-order valence-corrected chi connectivity index (χ2v) is 4.75. The second-order valence-electron chi connectivity index (χ2n) is 3.58. The summed E-state index contributed by atoms with van der Waals surface area (Å²) >= 11 is 3.69. The topological polar surface area (TPSA) is 12.5 Å². The molecule has 0 aromatic carbocycles. The van der Waals surface area contributed by atoms with Crippen molar-refractivity contribution in [1.82, 2.24) is 4.90 Å². The van der Waals surface area contributed by atoms with Crippen LogP contribution in [-0.2, 0) is 4.74 Å². The minimum Gasteiger partial charge on any atom is -0.383 e. The van der Waals surface area contributed by atoms with E-state index in [-0.39, 0.29) is 0 Å². The molecular weight excluding hydrogens is 218 g/mol. The van der Waals surface area contributed by atoms with Crippen LogP contribution in [0, 0.1) is 5.92 Å². The Hall–Kier alpha value is 0.400. The first-order chi connectivity index (χ1) is 5.74. The molecule has 1 fully saturated rings. The first-order valence-electron chi connectivity index (χ1n) is 4.59. The third kappa shape index (κ3) is 3.04. The molecule has 1 aliphatic rings. The molecule has 0 aromatic heterocycles. The van der Waals surface area contributed by atoms with Gasteiger partial charge in [-0.2, -0.15) is 0 Å². The van der Waals surface area contributed by atoms with E-state index in [9.17, 15) is 0 Å². The smallest absolute Gasteiger partial charge is 0.0589 e. The number of ether oxygens (including phenoxy) is 1. The maximum atomic E-state index is 5.05. The number of hydrogen-bond donors (Lipinski definition) is 0. The van der Waals surface area contributed by atoms with Crippen LogP contribution in [0.25, 0.3) is 0 Å². The lowest BCUT2D eigenvalue weighted by Gasteiger charge is -2.34. The molecule has 0 spiro atoms. The van der Waals surface area contributed by atoms with E-state index in [0.29, 0.717) is 0 Å². The number of methoxy groups -OCH3 is 1. The average molecular weight is 236 g/mol. The van der Waals surface area contributed by atoms with Gasteiger partial charge in [-0.1, -0.05) is 22.9 Å². The molecule has 2 unspecified atom stereocenters. The number of halogens is 1. The van der Waals surface area contributed by atoms with Crippen LogP contribution < -0.4 is 0 Å². The maximum Gasteiger partial charge on any atom is 0.0589 e. The van der Waals surface area contributed by atoms with Crippen LogP contribution in [0.3, 0.4) is 0 Å². The normalized spacial score (nSPS) is 32.2. The third-order valence-corrected chi connectivity index (χ3v) is 3.86. The van der Waals surface area contributed by atoms with Crippen LogP contribution in [0.1, 0.15) is 13.3 Å². The molecule has 0 aliphatic carbocycles. The van der Waals surface area contributed by atoms with Crippen molar-refractivity contribution in [1.29, 1.82) is 0 Å². The van der Waals surface area contributed by atoms with E-state index in [4.69, 9.17) is 4.74 Å². The molecule has 1 rings (SSSR count). The lowest BCUT2D eigenvalue weighted by atomic mass is 10.0. The summed E-state index contributed by atoms with van der Waals surface area (Å²) in [6, 6.07) is 0. The molecule has 12 heavy (non-hydrogen) atoms. The molecular formula is C9H18BrNO. The van der Waals surface area contributed by atoms with Crippen LogP contribution in [-0.4, -0.2) is 43.1 Å². The molecule has 2 atom stereocenters. The van der Waals surface area contributed by atoms with Gasteiger partial charge >= 0.3 is 0 Å². The van der Waals surface area contributed by atoms with E-state index >= 15 is 0 Å². The van der Waals surface area contributed by atoms with Crippen molar-refractivity contribution in [2.75, 3.05) is 33.4 Å². The number of nitrogens with zero attached hydrogens (tertiary/aromatic N) is 1. The summed E-state index contributed by atoms with van der Waals surface area (Å²) in [4.78, 5) is 3.20. The van der Waals surface area contributed by atoms with Gasteiger partial charge in [0.25, 0.3) is 0 Å². The van der Waals surface area contributed by atoms with Crippen molar-refractivity contribution in [2.24, 2.45) is 5.92 Å². The van der Waals surface area contributed by atoms with E-state index in [0.717, 1.165) is 23.9 Å². The predicted octanol–water partition coefficient (Wildman–Crippen LogP) is 1.74. The monoisotopic (exact) mass is 235 g/mol. The third-order valence-electron chi connectivity index (χ3n) is 2.50. The van der Waals surface area contributed by atoms with Crippen molar-refractivity contribution in [2.45, 2.75) is 18.2 Å². The molecule has 1 saturated heterocycles. The van der Waals surface area contributed by atoms with Crippen LogP contribution in [0.2, 0.25) is 0 Å². The van der Waals surface area contributed by atoms with Gasteiger partial charge in [0.05, 0.1) is 6.61 Å². The van der Waals surface area contributed by atoms with Gasteiger partial charge in [-0.05, 0) is 18.9 Å². The summed E-state index contributed by atoms with van der Waals surface area (Å²) in [5, 5.41) is 0. The fraction of sp³-hybridized carbons (Fsp3) is 1.00. The molecule has 1 aliphatic heterocycles. The zero-order valence-electron chi connectivity index (χ0n) is 7.92. The SMILES string of the molecule is COCCN1CCC(Br)C(C)C1. The second kappa shape index (κ2) is 5.20. The van der Waals surface area contributed by atoms with Gasteiger partial charge in [0.15, 0.2) is 0 Å². The van der Waals surface area contributed by atoms with Gasteiger partial charge in [0.1, 0.15) is 0 Å². The van der Waals surface area contributed by atoms with Crippen LogP contribution >= 0.6 is 15.9 Å².